The van der Waals surface area contributed by atoms with E-state index in [1.165, 1.54) is 12.1 Å². The van der Waals surface area contributed by atoms with Gasteiger partial charge in [0.05, 0.1) is 18.4 Å². The lowest BCUT2D eigenvalue weighted by Crippen LogP contribution is -2.15. The van der Waals surface area contributed by atoms with Crippen molar-refractivity contribution in [3.8, 4) is 5.75 Å². The normalized spacial score (nSPS) is 10.3. The summed E-state index contributed by atoms with van der Waals surface area (Å²) in [5.74, 6) is 4.51. The Hall–Kier alpha value is -3.12. The monoisotopic (exact) mass is 312 g/mol. The summed E-state index contributed by atoms with van der Waals surface area (Å²) in [5, 5.41) is 2.61. The molecule has 3 N–H and O–H groups in total. The number of carbonyl (C=O) groups is 2. The highest BCUT2D eigenvalue weighted by Crippen LogP contribution is 2.16. The number of nitrogens with two attached hydrogens (primary N) is 1. The summed E-state index contributed by atoms with van der Waals surface area (Å²) >= 11 is 0. The molecule has 0 aliphatic rings. The number of anilines is 1. The predicted octanol–water partition coefficient (Wildman–Crippen LogP) is 2.38. The van der Waals surface area contributed by atoms with Gasteiger partial charge in [0.1, 0.15) is 5.75 Å². The minimum atomic E-state index is -0.722. The van der Waals surface area contributed by atoms with Crippen molar-refractivity contribution >= 4 is 23.6 Å². The number of hydrogen-bond acceptors (Lipinski definition) is 5. The van der Waals surface area contributed by atoms with Gasteiger partial charge >= 0.3 is 5.97 Å². The molecular weight excluding hydrogens is 296 g/mol. The van der Waals surface area contributed by atoms with Gasteiger partial charge in [0.25, 0.3) is 0 Å². The van der Waals surface area contributed by atoms with E-state index < -0.39 is 5.97 Å². The van der Waals surface area contributed by atoms with Crippen LogP contribution in [-0.2, 0) is 9.63 Å². The molecule has 1 amide bonds. The minimum Gasteiger partial charge on any atom is -0.497 e. The number of carbonyl (C=O) groups excluding carboxylic acids is 2. The number of rotatable bonds is 5. The third-order valence-corrected chi connectivity index (χ3v) is 3.05. The Morgan fingerprint density at radius 3 is 2.43 bits per heavy atom. The van der Waals surface area contributed by atoms with Gasteiger partial charge in [-0.05, 0) is 35.9 Å². The van der Waals surface area contributed by atoms with Crippen LogP contribution in [0.4, 0.5) is 5.69 Å². The van der Waals surface area contributed by atoms with Crippen LogP contribution < -0.4 is 16.0 Å². The quantitative estimate of drug-likeness (QED) is 0.653. The van der Waals surface area contributed by atoms with Crippen molar-refractivity contribution < 1.29 is 19.2 Å². The molecule has 6 nitrogen and oxygen atoms in total. The maximum Gasteiger partial charge on any atom is 0.358 e. The lowest BCUT2D eigenvalue weighted by atomic mass is 10.1. The summed E-state index contributed by atoms with van der Waals surface area (Å²) in [7, 11) is 1.59. The molecule has 23 heavy (non-hydrogen) atoms. The fourth-order valence-corrected chi connectivity index (χ4v) is 1.89. The number of methoxy groups -OCH3 is 1. The van der Waals surface area contributed by atoms with Gasteiger partial charge in [0, 0.05) is 6.08 Å². The van der Waals surface area contributed by atoms with Crippen LogP contribution >= 0.6 is 0 Å². The van der Waals surface area contributed by atoms with E-state index >= 15 is 0 Å². The molecule has 6 heteroatoms. The van der Waals surface area contributed by atoms with Crippen molar-refractivity contribution in [1.29, 1.82) is 0 Å². The van der Waals surface area contributed by atoms with E-state index in [9.17, 15) is 9.59 Å². The average molecular weight is 312 g/mol. The van der Waals surface area contributed by atoms with Crippen LogP contribution in [0, 0.1) is 0 Å². The largest absolute Gasteiger partial charge is 0.497 e. The van der Waals surface area contributed by atoms with Crippen molar-refractivity contribution in [2.75, 3.05) is 12.4 Å². The summed E-state index contributed by atoms with van der Waals surface area (Å²) < 4.78 is 5.06. The molecule has 2 rings (SSSR count). The number of amides is 1. The van der Waals surface area contributed by atoms with Crippen molar-refractivity contribution in [3.63, 3.8) is 0 Å². The zero-order valence-electron chi connectivity index (χ0n) is 12.5. The Bertz CT molecular complexity index is 724. The molecule has 0 radical (unpaired) electrons. The van der Waals surface area contributed by atoms with E-state index in [-0.39, 0.29) is 11.5 Å². The van der Waals surface area contributed by atoms with Gasteiger partial charge in [0.15, 0.2) is 0 Å². The summed E-state index contributed by atoms with van der Waals surface area (Å²) in [6.07, 6.45) is 3.02. The number of benzene rings is 2. The topological polar surface area (TPSA) is 90.6 Å². The molecule has 0 unspecified atom stereocenters. The van der Waals surface area contributed by atoms with Crippen molar-refractivity contribution in [2.45, 2.75) is 0 Å². The Balaban J connectivity index is 2.07. The number of hydrogen-bond donors (Lipinski definition) is 2. The highest BCUT2D eigenvalue weighted by molar-refractivity contribution is 6.06. The first kappa shape index (κ1) is 16.3. The smallest absolute Gasteiger partial charge is 0.358 e. The summed E-state index contributed by atoms with van der Waals surface area (Å²) in [6.45, 7) is 0. The van der Waals surface area contributed by atoms with Gasteiger partial charge in [-0.25, -0.2) is 4.79 Å². The average Bonchev–Trinajstić information content (AvgIpc) is 2.60. The van der Waals surface area contributed by atoms with Crippen LogP contribution in [-0.4, -0.2) is 19.0 Å². The molecule has 0 aromatic heterocycles. The Morgan fingerprint density at radius 2 is 1.78 bits per heavy atom. The molecule has 118 valence electrons. The molecule has 0 bridgehead atoms. The second kappa shape index (κ2) is 7.77. The van der Waals surface area contributed by atoms with Crippen LogP contribution in [0.25, 0.3) is 6.08 Å². The van der Waals surface area contributed by atoms with Crippen molar-refractivity contribution in [1.82, 2.24) is 0 Å². The zero-order valence-corrected chi connectivity index (χ0v) is 12.5. The first-order valence-electron chi connectivity index (χ1n) is 6.77. The molecule has 2 aromatic carbocycles. The predicted molar refractivity (Wildman–Crippen MR) is 86.7 cm³/mol. The fourth-order valence-electron chi connectivity index (χ4n) is 1.89. The van der Waals surface area contributed by atoms with Gasteiger partial charge in [-0.3, -0.25) is 4.79 Å². The van der Waals surface area contributed by atoms with Crippen LogP contribution in [0.1, 0.15) is 15.9 Å². The van der Waals surface area contributed by atoms with E-state index in [2.05, 4.69) is 10.2 Å². The number of ether oxygens (including phenoxy) is 1. The standard InChI is InChI=1S/C17H16N2O4/c1-22-13-9-6-12(7-10-13)8-11-16(20)19-15-5-3-2-4-14(15)17(21)23-18/h2-11H,18H2,1H3,(H,19,20)/b11-8+. The minimum absolute atomic E-state index is 0.182. The Kier molecular flexibility index (Phi) is 5.49. The molecule has 0 aliphatic heterocycles. The summed E-state index contributed by atoms with van der Waals surface area (Å²) in [6, 6.07) is 13.7. The van der Waals surface area contributed by atoms with E-state index in [4.69, 9.17) is 10.6 Å². The van der Waals surface area contributed by atoms with Crippen LogP contribution in [0.3, 0.4) is 0 Å². The van der Waals surface area contributed by atoms with Gasteiger partial charge in [0.2, 0.25) is 5.91 Å². The number of para-hydroxylation sites is 1. The van der Waals surface area contributed by atoms with Gasteiger partial charge < -0.3 is 14.9 Å². The lowest BCUT2D eigenvalue weighted by molar-refractivity contribution is -0.111. The molecule has 0 spiro atoms. The second-order valence-corrected chi connectivity index (χ2v) is 4.55. The van der Waals surface area contributed by atoms with Crippen LogP contribution in [0.5, 0.6) is 5.75 Å². The molecule has 2 aromatic rings. The second-order valence-electron chi connectivity index (χ2n) is 4.55. The highest BCUT2D eigenvalue weighted by Gasteiger charge is 2.12. The van der Waals surface area contributed by atoms with Gasteiger partial charge in [-0.15, -0.1) is 0 Å². The Labute approximate surface area is 133 Å². The van der Waals surface area contributed by atoms with Gasteiger partial charge in [-0.1, -0.05) is 24.3 Å². The zero-order chi connectivity index (χ0) is 16.7. The van der Waals surface area contributed by atoms with E-state index in [0.29, 0.717) is 5.69 Å². The first-order valence-corrected chi connectivity index (χ1v) is 6.77. The fraction of sp³-hybridized carbons (Fsp3) is 0.0588. The molecule has 0 aliphatic carbocycles. The van der Waals surface area contributed by atoms with E-state index in [1.807, 2.05) is 12.1 Å². The van der Waals surface area contributed by atoms with E-state index in [0.717, 1.165) is 11.3 Å². The third kappa shape index (κ3) is 4.42. The Morgan fingerprint density at radius 1 is 1.09 bits per heavy atom. The molecule has 0 atom stereocenters. The maximum absolute atomic E-state index is 12.0. The van der Waals surface area contributed by atoms with Crippen molar-refractivity contribution in [3.05, 3.63) is 65.7 Å². The lowest BCUT2D eigenvalue weighted by Gasteiger charge is -2.07. The number of nitrogens with one attached hydrogen (secondary N) is 1. The van der Waals surface area contributed by atoms with Crippen LogP contribution in [0.2, 0.25) is 0 Å². The summed E-state index contributed by atoms with van der Waals surface area (Å²) in [5.41, 5.74) is 1.35. The maximum atomic E-state index is 12.0. The molecule has 0 heterocycles. The SMILES string of the molecule is COc1ccc(/C=C/C(=O)Nc2ccccc2C(=O)ON)cc1. The van der Waals surface area contributed by atoms with Gasteiger partial charge in [-0.2, -0.15) is 5.90 Å². The third-order valence-electron chi connectivity index (χ3n) is 3.05. The van der Waals surface area contributed by atoms with Crippen molar-refractivity contribution in [2.24, 2.45) is 5.90 Å². The molecule has 0 fully saturated rings. The molecule has 0 saturated carbocycles. The highest BCUT2D eigenvalue weighted by atomic mass is 16.7. The molecular formula is C17H16N2O4. The molecule has 0 saturated heterocycles. The first-order chi connectivity index (χ1) is 11.1. The summed E-state index contributed by atoms with van der Waals surface area (Å²) in [4.78, 5) is 27.7. The van der Waals surface area contributed by atoms with Crippen LogP contribution in [0.15, 0.2) is 54.6 Å². The van der Waals surface area contributed by atoms with E-state index in [1.54, 1.807) is 43.5 Å².